The predicted molar refractivity (Wildman–Crippen MR) is 45.7 cm³/mol. The van der Waals surface area contributed by atoms with Crippen LogP contribution in [0.1, 0.15) is 0 Å². The highest BCUT2D eigenvalue weighted by molar-refractivity contribution is 6.05. The van der Waals surface area contributed by atoms with Crippen molar-refractivity contribution in [3.05, 3.63) is 6.07 Å². The average Bonchev–Trinajstić information content (AvgIpc) is 2.66. The molecule has 0 fully saturated rings. The minimum atomic E-state index is 0.546. The van der Waals surface area contributed by atoms with Gasteiger partial charge in [0.05, 0.1) is 5.69 Å². The van der Waals surface area contributed by atoms with E-state index in [0.717, 1.165) is 0 Å². The van der Waals surface area contributed by atoms with Crippen LogP contribution in [0.4, 0.5) is 5.69 Å². The fourth-order valence-corrected chi connectivity index (χ4v) is 1.33. The van der Waals surface area contributed by atoms with E-state index >= 15 is 0 Å². The number of nitrogens with two attached hydrogens (primary N) is 1. The first-order valence-corrected chi connectivity index (χ1v) is 3.65. The van der Waals surface area contributed by atoms with Gasteiger partial charge in [-0.25, -0.2) is 0 Å². The van der Waals surface area contributed by atoms with Crippen LogP contribution in [0, 0.1) is 0 Å². The number of nitrogens with one attached hydrogen (secondary N) is 2. The van der Waals surface area contributed by atoms with Gasteiger partial charge >= 0.3 is 0 Å². The molecule has 0 aliphatic carbocycles. The van der Waals surface area contributed by atoms with Crippen molar-refractivity contribution in [2.75, 3.05) is 5.73 Å². The lowest BCUT2D eigenvalue weighted by Gasteiger charge is -1.91. The van der Waals surface area contributed by atoms with Crippen molar-refractivity contribution in [1.29, 1.82) is 0 Å². The summed E-state index contributed by atoms with van der Waals surface area (Å²) < 4.78 is 0. The predicted octanol–water partition coefficient (Wildman–Crippen LogP) is -0.189. The SMILES string of the molecule is Nc1cc2n[nH]nc2c2n[nH]nc12. The van der Waals surface area contributed by atoms with Gasteiger partial charge in [0.25, 0.3) is 0 Å². The van der Waals surface area contributed by atoms with E-state index in [9.17, 15) is 0 Å². The third-order valence-electron chi connectivity index (χ3n) is 1.91. The molecule has 0 unspecified atom stereocenters. The van der Waals surface area contributed by atoms with Crippen LogP contribution in [0.25, 0.3) is 22.1 Å². The molecule has 13 heavy (non-hydrogen) atoms. The van der Waals surface area contributed by atoms with E-state index in [1.807, 2.05) is 0 Å². The molecule has 0 radical (unpaired) electrons. The first-order valence-electron chi connectivity index (χ1n) is 3.65. The molecule has 7 nitrogen and oxygen atoms in total. The number of aromatic nitrogens is 6. The molecular formula is C6H5N7. The number of fused-ring (bicyclic) bond motifs is 3. The largest absolute Gasteiger partial charge is 0.397 e. The molecule has 0 saturated heterocycles. The Morgan fingerprint density at radius 1 is 0.923 bits per heavy atom. The topological polar surface area (TPSA) is 109 Å². The molecule has 0 saturated carbocycles. The number of H-pyrrole nitrogens is 2. The van der Waals surface area contributed by atoms with Gasteiger partial charge in [0.2, 0.25) is 0 Å². The van der Waals surface area contributed by atoms with Crippen molar-refractivity contribution in [2.24, 2.45) is 0 Å². The molecular weight excluding hydrogens is 170 g/mol. The van der Waals surface area contributed by atoms with Crippen LogP contribution in [0.5, 0.6) is 0 Å². The van der Waals surface area contributed by atoms with Crippen molar-refractivity contribution in [1.82, 2.24) is 30.8 Å². The molecule has 7 heteroatoms. The van der Waals surface area contributed by atoms with Crippen LogP contribution < -0.4 is 5.73 Å². The minimum Gasteiger partial charge on any atom is -0.397 e. The maximum atomic E-state index is 5.72. The summed E-state index contributed by atoms with van der Waals surface area (Å²) in [4.78, 5) is 0. The lowest BCUT2D eigenvalue weighted by atomic mass is 10.2. The van der Waals surface area contributed by atoms with Crippen LogP contribution in [-0.4, -0.2) is 30.8 Å². The molecule has 3 aromatic rings. The monoisotopic (exact) mass is 175 g/mol. The summed E-state index contributed by atoms with van der Waals surface area (Å²) >= 11 is 0. The summed E-state index contributed by atoms with van der Waals surface area (Å²) in [5.41, 5.74) is 8.91. The summed E-state index contributed by atoms with van der Waals surface area (Å²) in [6, 6.07) is 1.71. The zero-order valence-corrected chi connectivity index (χ0v) is 6.44. The van der Waals surface area contributed by atoms with Gasteiger partial charge in [-0.1, -0.05) is 0 Å². The molecule has 0 aliphatic heterocycles. The molecule has 1 aromatic carbocycles. The lowest BCUT2D eigenvalue weighted by Crippen LogP contribution is -1.87. The second-order valence-electron chi connectivity index (χ2n) is 2.68. The van der Waals surface area contributed by atoms with Crippen molar-refractivity contribution in [3.63, 3.8) is 0 Å². The van der Waals surface area contributed by atoms with Crippen LogP contribution in [0.15, 0.2) is 6.07 Å². The van der Waals surface area contributed by atoms with Gasteiger partial charge in [-0.3, -0.25) is 0 Å². The molecule has 2 aromatic heterocycles. The Labute approximate surface area is 71.3 Å². The number of hydrogen-bond acceptors (Lipinski definition) is 5. The quantitative estimate of drug-likeness (QED) is 0.410. The summed E-state index contributed by atoms with van der Waals surface area (Å²) in [7, 11) is 0. The zero-order chi connectivity index (χ0) is 8.84. The summed E-state index contributed by atoms with van der Waals surface area (Å²) in [6.07, 6.45) is 0. The molecule has 0 amide bonds. The standard InChI is InChI=1S/C6H5N7/c7-2-1-3-5(10-12-8-3)6-4(2)9-13-11-6/h1H,7H2,(H,8,10,12)(H,9,11,13). The van der Waals surface area contributed by atoms with Crippen LogP contribution in [0.2, 0.25) is 0 Å². The van der Waals surface area contributed by atoms with Crippen molar-refractivity contribution in [2.45, 2.75) is 0 Å². The van der Waals surface area contributed by atoms with Gasteiger partial charge in [0.1, 0.15) is 22.1 Å². The van der Waals surface area contributed by atoms with Crippen molar-refractivity contribution in [3.8, 4) is 0 Å². The fraction of sp³-hybridized carbons (Fsp3) is 0. The van der Waals surface area contributed by atoms with E-state index < -0.39 is 0 Å². The Bertz CT molecular complexity index is 577. The number of benzene rings is 1. The Morgan fingerprint density at radius 2 is 1.62 bits per heavy atom. The Kier molecular flexibility index (Phi) is 0.950. The number of nitrogens with zero attached hydrogens (tertiary/aromatic N) is 4. The maximum absolute atomic E-state index is 5.72. The first-order chi connectivity index (χ1) is 6.36. The maximum Gasteiger partial charge on any atom is 0.144 e. The third kappa shape index (κ3) is 0.675. The van der Waals surface area contributed by atoms with E-state index in [4.69, 9.17) is 5.73 Å². The van der Waals surface area contributed by atoms with E-state index in [0.29, 0.717) is 27.8 Å². The number of rotatable bonds is 0. The minimum absolute atomic E-state index is 0.546. The molecule has 64 valence electrons. The first kappa shape index (κ1) is 6.35. The van der Waals surface area contributed by atoms with E-state index in [1.165, 1.54) is 0 Å². The Balaban J connectivity index is 2.70. The van der Waals surface area contributed by atoms with Crippen LogP contribution >= 0.6 is 0 Å². The smallest absolute Gasteiger partial charge is 0.144 e. The highest BCUT2D eigenvalue weighted by atomic mass is 15.4. The summed E-state index contributed by atoms with van der Waals surface area (Å²) in [5.74, 6) is 0. The van der Waals surface area contributed by atoms with Gasteiger partial charge in [0.15, 0.2) is 0 Å². The second kappa shape index (κ2) is 1.94. The van der Waals surface area contributed by atoms with E-state index in [-0.39, 0.29) is 0 Å². The van der Waals surface area contributed by atoms with Gasteiger partial charge in [0, 0.05) is 0 Å². The number of hydrogen-bond donors (Lipinski definition) is 3. The summed E-state index contributed by atoms with van der Waals surface area (Å²) in [6.45, 7) is 0. The van der Waals surface area contributed by atoms with E-state index in [1.54, 1.807) is 6.07 Å². The molecule has 0 spiro atoms. The molecule has 2 heterocycles. The van der Waals surface area contributed by atoms with Gasteiger partial charge < -0.3 is 5.73 Å². The normalized spacial score (nSPS) is 11.4. The highest BCUT2D eigenvalue weighted by Gasteiger charge is 2.10. The van der Waals surface area contributed by atoms with Crippen molar-refractivity contribution < 1.29 is 0 Å². The number of aromatic amines is 2. The fourth-order valence-electron chi connectivity index (χ4n) is 1.33. The zero-order valence-electron chi connectivity index (χ0n) is 6.44. The molecule has 3 rings (SSSR count). The van der Waals surface area contributed by atoms with Crippen LogP contribution in [-0.2, 0) is 0 Å². The average molecular weight is 175 g/mol. The van der Waals surface area contributed by atoms with Gasteiger partial charge in [-0.2, -0.15) is 30.8 Å². The van der Waals surface area contributed by atoms with E-state index in [2.05, 4.69) is 30.8 Å². The Hall–Kier alpha value is -2.18. The third-order valence-corrected chi connectivity index (χ3v) is 1.91. The summed E-state index contributed by atoms with van der Waals surface area (Å²) in [5, 5.41) is 20.7. The molecule has 0 aliphatic rings. The van der Waals surface area contributed by atoms with Crippen molar-refractivity contribution >= 4 is 27.8 Å². The molecule has 0 atom stereocenters. The second-order valence-corrected chi connectivity index (χ2v) is 2.68. The van der Waals surface area contributed by atoms with Gasteiger partial charge in [-0.05, 0) is 6.07 Å². The van der Waals surface area contributed by atoms with Crippen LogP contribution in [0.3, 0.4) is 0 Å². The number of anilines is 1. The molecule has 0 bridgehead atoms. The number of nitrogen functional groups attached to an aromatic ring is 1. The molecule has 4 N–H and O–H groups in total. The lowest BCUT2D eigenvalue weighted by molar-refractivity contribution is 0.951. The highest BCUT2D eigenvalue weighted by Crippen LogP contribution is 2.23. The Morgan fingerprint density at radius 3 is 2.54 bits per heavy atom. The van der Waals surface area contributed by atoms with Gasteiger partial charge in [-0.15, -0.1) is 0 Å².